The summed E-state index contributed by atoms with van der Waals surface area (Å²) >= 11 is 1.52. The predicted molar refractivity (Wildman–Crippen MR) is 80.4 cm³/mol. The Morgan fingerprint density at radius 3 is 2.95 bits per heavy atom. The van der Waals surface area contributed by atoms with Crippen LogP contribution in [0.3, 0.4) is 0 Å². The minimum Gasteiger partial charge on any atom is -0.346 e. The van der Waals surface area contributed by atoms with E-state index in [1.807, 2.05) is 17.5 Å². The Hall–Kier alpha value is -2.67. The monoisotopic (exact) mass is 296 g/mol. The molecule has 0 aliphatic heterocycles. The van der Waals surface area contributed by atoms with Crippen LogP contribution < -0.4 is 11.1 Å². The van der Waals surface area contributed by atoms with Gasteiger partial charge in [0.1, 0.15) is 11.8 Å². The highest BCUT2D eigenvalue weighted by atomic mass is 32.1. The third kappa shape index (κ3) is 3.90. The quantitative estimate of drug-likeness (QED) is 0.834. The molecule has 3 N–H and O–H groups in total. The SMILES string of the molecule is N#Cc1ccc(C(=O)NCc2sccc2C#CCN)nc1. The molecule has 2 aromatic heterocycles. The summed E-state index contributed by atoms with van der Waals surface area (Å²) in [4.78, 5) is 16.9. The summed E-state index contributed by atoms with van der Waals surface area (Å²) < 4.78 is 0. The van der Waals surface area contributed by atoms with E-state index in [0.29, 0.717) is 18.7 Å². The second kappa shape index (κ2) is 7.20. The summed E-state index contributed by atoms with van der Waals surface area (Å²) in [7, 11) is 0. The highest BCUT2D eigenvalue weighted by molar-refractivity contribution is 7.10. The molecule has 0 fully saturated rings. The van der Waals surface area contributed by atoms with Crippen molar-refractivity contribution in [2.75, 3.05) is 6.54 Å². The lowest BCUT2D eigenvalue weighted by molar-refractivity contribution is 0.0946. The third-order valence-corrected chi connectivity index (χ3v) is 3.53. The number of pyridine rings is 1. The first-order chi connectivity index (χ1) is 10.2. The van der Waals surface area contributed by atoms with Gasteiger partial charge in [-0.15, -0.1) is 11.3 Å². The van der Waals surface area contributed by atoms with E-state index in [1.165, 1.54) is 23.6 Å². The van der Waals surface area contributed by atoms with Gasteiger partial charge in [0, 0.05) is 16.6 Å². The van der Waals surface area contributed by atoms with Gasteiger partial charge in [-0.25, -0.2) is 4.98 Å². The first-order valence-corrected chi connectivity index (χ1v) is 7.02. The Bertz CT molecular complexity index is 732. The molecule has 5 nitrogen and oxygen atoms in total. The number of carbonyl (C=O) groups is 1. The smallest absolute Gasteiger partial charge is 0.270 e. The van der Waals surface area contributed by atoms with Crippen LogP contribution in [0.4, 0.5) is 0 Å². The number of nitrogens with two attached hydrogens (primary N) is 1. The molecule has 0 radical (unpaired) electrons. The summed E-state index contributed by atoms with van der Waals surface area (Å²) in [5.74, 6) is 5.47. The molecule has 0 saturated heterocycles. The first kappa shape index (κ1) is 14.7. The van der Waals surface area contributed by atoms with E-state index in [1.54, 1.807) is 6.07 Å². The van der Waals surface area contributed by atoms with Crippen molar-refractivity contribution in [1.82, 2.24) is 10.3 Å². The molecule has 104 valence electrons. The number of thiophene rings is 1. The number of aromatic nitrogens is 1. The number of hydrogen-bond donors (Lipinski definition) is 2. The summed E-state index contributed by atoms with van der Waals surface area (Å²) in [6, 6.07) is 6.94. The van der Waals surface area contributed by atoms with Crippen LogP contribution >= 0.6 is 11.3 Å². The van der Waals surface area contributed by atoms with Crippen LogP contribution in [0.15, 0.2) is 29.8 Å². The summed E-state index contributed by atoms with van der Waals surface area (Å²) in [5, 5.41) is 13.4. The van der Waals surface area contributed by atoms with Crippen molar-refractivity contribution < 1.29 is 4.79 Å². The van der Waals surface area contributed by atoms with Gasteiger partial charge in [0.05, 0.1) is 18.7 Å². The number of nitriles is 1. The molecule has 0 aromatic carbocycles. The van der Waals surface area contributed by atoms with E-state index in [0.717, 1.165) is 10.4 Å². The number of nitrogens with one attached hydrogen (secondary N) is 1. The second-order valence-corrected chi connectivity index (χ2v) is 4.99. The lowest BCUT2D eigenvalue weighted by Crippen LogP contribution is -2.23. The number of amides is 1. The molecule has 2 aromatic rings. The molecule has 2 heterocycles. The second-order valence-electron chi connectivity index (χ2n) is 3.99. The van der Waals surface area contributed by atoms with Gasteiger partial charge >= 0.3 is 0 Å². The maximum atomic E-state index is 12.0. The minimum absolute atomic E-state index is 0.278. The van der Waals surface area contributed by atoms with Crippen LogP contribution in [0.1, 0.15) is 26.5 Å². The minimum atomic E-state index is -0.286. The zero-order valence-corrected chi connectivity index (χ0v) is 11.9. The lowest BCUT2D eigenvalue weighted by Gasteiger charge is -2.03. The van der Waals surface area contributed by atoms with Crippen LogP contribution in [-0.4, -0.2) is 17.4 Å². The summed E-state index contributed by atoms with van der Waals surface area (Å²) in [6.45, 7) is 0.684. The third-order valence-electron chi connectivity index (χ3n) is 2.61. The van der Waals surface area contributed by atoms with Crippen molar-refractivity contribution in [2.24, 2.45) is 5.73 Å². The fraction of sp³-hybridized carbons (Fsp3) is 0.133. The van der Waals surface area contributed by atoms with E-state index < -0.39 is 0 Å². The number of rotatable bonds is 3. The average molecular weight is 296 g/mol. The van der Waals surface area contributed by atoms with Crippen molar-refractivity contribution in [2.45, 2.75) is 6.54 Å². The highest BCUT2D eigenvalue weighted by Gasteiger charge is 2.08. The molecule has 0 atom stereocenters. The predicted octanol–water partition coefficient (Wildman–Crippen LogP) is 1.25. The first-order valence-electron chi connectivity index (χ1n) is 6.14. The van der Waals surface area contributed by atoms with Gasteiger partial charge in [0.15, 0.2) is 0 Å². The van der Waals surface area contributed by atoms with Gasteiger partial charge in [-0.05, 0) is 23.6 Å². The fourth-order valence-electron chi connectivity index (χ4n) is 1.58. The summed E-state index contributed by atoms with van der Waals surface area (Å²) in [6.07, 6.45) is 1.37. The number of carbonyl (C=O) groups excluding carboxylic acids is 1. The Balaban J connectivity index is 2.01. The molecular formula is C15H12N4OS. The number of nitrogens with zero attached hydrogens (tertiary/aromatic N) is 2. The van der Waals surface area contributed by atoms with Crippen LogP contribution in [-0.2, 0) is 6.54 Å². The van der Waals surface area contributed by atoms with Gasteiger partial charge in [0.2, 0.25) is 0 Å². The van der Waals surface area contributed by atoms with Crippen molar-refractivity contribution >= 4 is 17.2 Å². The largest absolute Gasteiger partial charge is 0.346 e. The van der Waals surface area contributed by atoms with Gasteiger partial charge in [-0.1, -0.05) is 11.8 Å². The lowest BCUT2D eigenvalue weighted by atomic mass is 10.2. The van der Waals surface area contributed by atoms with Gasteiger partial charge in [0.25, 0.3) is 5.91 Å². The molecule has 0 saturated carbocycles. The maximum Gasteiger partial charge on any atom is 0.270 e. The molecule has 6 heteroatoms. The average Bonchev–Trinajstić information content (AvgIpc) is 2.98. The van der Waals surface area contributed by atoms with Gasteiger partial charge in [-0.3, -0.25) is 4.79 Å². The Morgan fingerprint density at radius 2 is 2.29 bits per heavy atom. The van der Waals surface area contributed by atoms with Gasteiger partial charge < -0.3 is 11.1 Å². The fourth-order valence-corrected chi connectivity index (χ4v) is 2.35. The van der Waals surface area contributed by atoms with Crippen LogP contribution in [0.25, 0.3) is 0 Å². The van der Waals surface area contributed by atoms with Crippen LogP contribution in [0.5, 0.6) is 0 Å². The van der Waals surface area contributed by atoms with Crippen molar-refractivity contribution in [3.8, 4) is 17.9 Å². The molecule has 0 bridgehead atoms. The Morgan fingerprint density at radius 1 is 1.43 bits per heavy atom. The van der Waals surface area contributed by atoms with Crippen molar-refractivity contribution in [3.05, 3.63) is 51.5 Å². The van der Waals surface area contributed by atoms with E-state index in [4.69, 9.17) is 11.0 Å². The molecule has 2 rings (SSSR count). The normalized spacial score (nSPS) is 9.33. The molecule has 0 aliphatic rings. The van der Waals surface area contributed by atoms with E-state index in [-0.39, 0.29) is 11.6 Å². The van der Waals surface area contributed by atoms with E-state index in [9.17, 15) is 4.79 Å². The molecule has 0 aliphatic carbocycles. The van der Waals surface area contributed by atoms with E-state index >= 15 is 0 Å². The zero-order chi connectivity index (χ0) is 15.1. The molecule has 1 amide bonds. The van der Waals surface area contributed by atoms with Gasteiger partial charge in [-0.2, -0.15) is 5.26 Å². The standard InChI is InChI=1S/C15H12N4OS/c16-6-1-2-12-5-7-21-14(12)10-19-15(20)13-4-3-11(8-17)9-18-13/h3-5,7,9H,6,10,16H2,(H,19,20). The molecule has 0 spiro atoms. The number of hydrogen-bond acceptors (Lipinski definition) is 5. The zero-order valence-electron chi connectivity index (χ0n) is 11.1. The topological polar surface area (TPSA) is 91.8 Å². The van der Waals surface area contributed by atoms with E-state index in [2.05, 4.69) is 22.1 Å². The molecular weight excluding hydrogens is 284 g/mol. The maximum absolute atomic E-state index is 12.0. The Kier molecular flexibility index (Phi) is 5.05. The Labute approximate surface area is 126 Å². The molecule has 0 unspecified atom stereocenters. The van der Waals surface area contributed by atoms with Crippen molar-refractivity contribution in [3.63, 3.8) is 0 Å². The molecule has 21 heavy (non-hydrogen) atoms. The summed E-state index contributed by atoms with van der Waals surface area (Å²) in [5.41, 5.74) is 6.92. The van der Waals surface area contributed by atoms with Crippen molar-refractivity contribution in [1.29, 1.82) is 5.26 Å². The van der Waals surface area contributed by atoms with Crippen LogP contribution in [0.2, 0.25) is 0 Å². The highest BCUT2D eigenvalue weighted by Crippen LogP contribution is 2.15. The van der Waals surface area contributed by atoms with Crippen LogP contribution in [0, 0.1) is 23.2 Å².